The molecule has 3 unspecified atom stereocenters. The first-order valence-electron chi connectivity index (χ1n) is 15.6. The van der Waals surface area contributed by atoms with E-state index in [1.165, 1.54) is 5.57 Å². The van der Waals surface area contributed by atoms with Crippen molar-refractivity contribution in [2.24, 2.45) is 45.3 Å². The van der Waals surface area contributed by atoms with Gasteiger partial charge >= 0.3 is 17.9 Å². The van der Waals surface area contributed by atoms with E-state index in [9.17, 15) is 24.6 Å². The second kappa shape index (κ2) is 10.8. The van der Waals surface area contributed by atoms with Gasteiger partial charge in [-0.15, -0.1) is 0 Å². The summed E-state index contributed by atoms with van der Waals surface area (Å²) in [6.45, 7) is 19.4. The lowest BCUT2D eigenvalue weighted by atomic mass is 9.42. The number of ether oxygens (including phenoxy) is 1. The van der Waals surface area contributed by atoms with Crippen LogP contribution in [-0.4, -0.2) is 45.4 Å². The topological polar surface area (TPSA) is 121 Å². The zero-order chi connectivity index (χ0) is 30.7. The molecule has 0 spiro atoms. The van der Waals surface area contributed by atoms with Crippen molar-refractivity contribution >= 4 is 17.9 Å². The molecule has 230 valence electrons. The van der Waals surface area contributed by atoms with Gasteiger partial charge in [-0.1, -0.05) is 64.8 Å². The number of aliphatic hydroxyl groups is 1. The summed E-state index contributed by atoms with van der Waals surface area (Å²) in [4.78, 5) is 34.8. The van der Waals surface area contributed by atoms with Gasteiger partial charge in [-0.2, -0.15) is 0 Å². The average Bonchev–Trinajstić information content (AvgIpc) is 3.16. The lowest BCUT2D eigenvalue weighted by molar-refractivity contribution is -0.173. The molecule has 4 aliphatic carbocycles. The van der Waals surface area contributed by atoms with Crippen LogP contribution >= 0.6 is 0 Å². The van der Waals surface area contributed by atoms with Gasteiger partial charge < -0.3 is 20.1 Å². The van der Waals surface area contributed by atoms with Gasteiger partial charge in [0, 0.05) is 10.8 Å². The maximum Gasteiger partial charge on any atom is 0.317 e. The fraction of sp³-hybridized carbons (Fsp3) is 0.794. The van der Waals surface area contributed by atoms with E-state index >= 15 is 0 Å². The van der Waals surface area contributed by atoms with E-state index in [1.54, 1.807) is 12.5 Å². The molecule has 0 aliphatic heterocycles. The van der Waals surface area contributed by atoms with Gasteiger partial charge in [0.2, 0.25) is 0 Å². The van der Waals surface area contributed by atoms with Gasteiger partial charge in [-0.05, 0) is 93.3 Å². The molecule has 0 aromatic carbocycles. The molecule has 2 saturated carbocycles. The number of hydrogen-bond donors (Lipinski definition) is 3. The first-order valence-corrected chi connectivity index (χ1v) is 15.6. The zero-order valence-corrected chi connectivity index (χ0v) is 26.2. The van der Waals surface area contributed by atoms with Crippen LogP contribution in [0.3, 0.4) is 0 Å². The predicted molar refractivity (Wildman–Crippen MR) is 157 cm³/mol. The summed E-state index contributed by atoms with van der Waals surface area (Å²) in [6.07, 6.45) is 6.43. The van der Waals surface area contributed by atoms with Crippen LogP contribution in [0.25, 0.3) is 0 Å². The largest absolute Gasteiger partial charge is 0.481 e. The fourth-order valence-corrected chi connectivity index (χ4v) is 10.2. The summed E-state index contributed by atoms with van der Waals surface area (Å²) in [5.74, 6) is -2.26. The molecule has 0 saturated heterocycles. The molecule has 0 aromatic heterocycles. The summed E-state index contributed by atoms with van der Waals surface area (Å²) in [5.41, 5.74) is 2.95. The number of esters is 1. The molecule has 7 heteroatoms. The smallest absolute Gasteiger partial charge is 0.317 e. The molecular weight excluding hydrogens is 520 g/mol. The minimum Gasteiger partial charge on any atom is -0.481 e. The lowest BCUT2D eigenvalue weighted by Crippen LogP contribution is -2.58. The Morgan fingerprint density at radius 1 is 1.00 bits per heavy atom. The SMILES string of the molecule is C=C(CCC(C)[C@H]1CC[C@@]2(C)C3=C(C[C@H](O)[C@]12C)[C@@]1(C)CC[C@@H](OC(=O)CC(=O)O)C(C)(C)C1CC3)C(C)C(=O)O. The zero-order valence-electron chi connectivity index (χ0n) is 26.2. The molecule has 7 nitrogen and oxygen atoms in total. The molecule has 9 atom stereocenters. The van der Waals surface area contributed by atoms with Crippen molar-refractivity contribution in [2.75, 3.05) is 0 Å². The molecule has 3 N–H and O–H groups in total. The van der Waals surface area contributed by atoms with Crippen LogP contribution in [0.5, 0.6) is 0 Å². The molecule has 0 amide bonds. The third kappa shape index (κ3) is 4.98. The number of carboxylic acid groups (broad SMARTS) is 2. The second-order valence-corrected chi connectivity index (χ2v) is 15.1. The number of hydrogen-bond acceptors (Lipinski definition) is 5. The van der Waals surface area contributed by atoms with Gasteiger partial charge in [0.05, 0.1) is 12.0 Å². The Morgan fingerprint density at radius 2 is 1.66 bits per heavy atom. The van der Waals surface area contributed by atoms with E-state index < -0.39 is 36.4 Å². The normalized spacial score (nSPS) is 39.1. The minimum atomic E-state index is -1.17. The van der Waals surface area contributed by atoms with Crippen molar-refractivity contribution in [1.82, 2.24) is 0 Å². The van der Waals surface area contributed by atoms with Gasteiger partial charge in [0.1, 0.15) is 12.5 Å². The fourth-order valence-electron chi connectivity index (χ4n) is 10.2. The summed E-state index contributed by atoms with van der Waals surface area (Å²) < 4.78 is 5.76. The minimum absolute atomic E-state index is 0.104. The van der Waals surface area contributed by atoms with E-state index in [0.29, 0.717) is 31.1 Å². The molecule has 0 aromatic rings. The lowest BCUT2D eigenvalue weighted by Gasteiger charge is -2.63. The van der Waals surface area contributed by atoms with Crippen molar-refractivity contribution in [3.8, 4) is 0 Å². The Bertz CT molecular complexity index is 1140. The van der Waals surface area contributed by atoms with Gasteiger partial charge in [-0.25, -0.2) is 0 Å². The number of carboxylic acids is 2. The molecular formula is C34H52O7. The van der Waals surface area contributed by atoms with E-state index in [4.69, 9.17) is 9.84 Å². The predicted octanol–water partition coefficient (Wildman–Crippen LogP) is 6.79. The Labute approximate surface area is 245 Å². The molecule has 41 heavy (non-hydrogen) atoms. The molecule has 2 fully saturated rings. The number of carbonyl (C=O) groups excluding carboxylic acids is 1. The second-order valence-electron chi connectivity index (χ2n) is 15.1. The average molecular weight is 573 g/mol. The molecule has 0 bridgehead atoms. The van der Waals surface area contributed by atoms with Crippen LogP contribution in [-0.2, 0) is 19.1 Å². The third-order valence-electron chi connectivity index (χ3n) is 13.0. The van der Waals surface area contributed by atoms with E-state index in [-0.39, 0.29) is 33.7 Å². The number of fused-ring (bicyclic) bond motifs is 4. The number of aliphatic carboxylic acids is 2. The quantitative estimate of drug-likeness (QED) is 0.158. The van der Waals surface area contributed by atoms with Gasteiger partial charge in [0.25, 0.3) is 0 Å². The van der Waals surface area contributed by atoms with Crippen molar-refractivity contribution in [2.45, 2.75) is 125 Å². The van der Waals surface area contributed by atoms with E-state index in [2.05, 4.69) is 48.1 Å². The molecule has 4 aliphatic rings. The maximum absolute atomic E-state index is 12.3. The summed E-state index contributed by atoms with van der Waals surface area (Å²) in [7, 11) is 0. The first-order chi connectivity index (χ1) is 18.9. The molecule has 0 heterocycles. The van der Waals surface area contributed by atoms with Gasteiger partial charge in [0.15, 0.2) is 0 Å². The summed E-state index contributed by atoms with van der Waals surface area (Å²) >= 11 is 0. The Morgan fingerprint density at radius 3 is 2.27 bits per heavy atom. The summed E-state index contributed by atoms with van der Waals surface area (Å²) in [6, 6.07) is 0. The number of aliphatic hydroxyl groups excluding tert-OH is 1. The van der Waals surface area contributed by atoms with Crippen LogP contribution in [0, 0.1) is 45.3 Å². The van der Waals surface area contributed by atoms with Crippen molar-refractivity contribution in [3.05, 3.63) is 23.3 Å². The van der Waals surface area contributed by atoms with E-state index in [1.807, 2.05) is 0 Å². The van der Waals surface area contributed by atoms with Crippen molar-refractivity contribution in [1.29, 1.82) is 0 Å². The maximum atomic E-state index is 12.3. The molecule has 0 radical (unpaired) electrons. The van der Waals surface area contributed by atoms with Gasteiger partial charge in [-0.3, -0.25) is 14.4 Å². The standard InChI is InChI=1S/C34H52O7/c1-19(21(3)30(39)40)9-10-20(2)22-13-16-33(7)23-11-12-25-31(4,5)27(41-29(38)18-28(36)37)14-15-32(25,6)24(23)17-26(35)34(22,33)8/h20-22,25-27,35H,1,9-18H2,2-8H3,(H,36,37)(H,39,40)/t20?,21?,22-,25?,26+,27-,32-,33+,34+/m1/s1. The highest BCUT2D eigenvalue weighted by molar-refractivity contribution is 5.90. The van der Waals surface area contributed by atoms with Crippen LogP contribution in [0.2, 0.25) is 0 Å². The third-order valence-corrected chi connectivity index (χ3v) is 13.0. The van der Waals surface area contributed by atoms with Crippen LogP contribution in [0.15, 0.2) is 23.3 Å². The van der Waals surface area contributed by atoms with E-state index in [0.717, 1.165) is 44.1 Å². The first kappa shape index (κ1) is 31.8. The monoisotopic (exact) mass is 572 g/mol. The summed E-state index contributed by atoms with van der Waals surface area (Å²) in [5, 5.41) is 30.5. The highest BCUT2D eigenvalue weighted by atomic mass is 16.5. The highest BCUT2D eigenvalue weighted by Gasteiger charge is 2.66. The van der Waals surface area contributed by atoms with Crippen LogP contribution in [0.4, 0.5) is 0 Å². The van der Waals surface area contributed by atoms with Crippen molar-refractivity contribution < 1.29 is 34.4 Å². The Balaban J connectivity index is 1.59. The van der Waals surface area contributed by atoms with Crippen LogP contribution in [0.1, 0.15) is 113 Å². The Hall–Kier alpha value is -2.15. The number of rotatable bonds is 9. The Kier molecular flexibility index (Phi) is 8.40. The number of carbonyl (C=O) groups is 3. The highest BCUT2D eigenvalue weighted by Crippen LogP contribution is 2.72. The number of allylic oxidation sites excluding steroid dienone is 1. The molecule has 4 rings (SSSR count). The van der Waals surface area contributed by atoms with Crippen molar-refractivity contribution in [3.63, 3.8) is 0 Å². The van der Waals surface area contributed by atoms with Crippen LogP contribution < -0.4 is 0 Å².